The van der Waals surface area contributed by atoms with Crippen molar-refractivity contribution in [1.82, 2.24) is 0 Å². The van der Waals surface area contributed by atoms with Crippen molar-refractivity contribution in [3.8, 4) is 0 Å². The lowest BCUT2D eigenvalue weighted by molar-refractivity contribution is -0.140. The summed E-state index contributed by atoms with van der Waals surface area (Å²) in [5.74, 6) is 0.167. The normalized spacial score (nSPS) is 14.0. The van der Waals surface area contributed by atoms with Crippen LogP contribution in [0, 0.1) is 5.92 Å². The Bertz CT molecular complexity index is 187. The molecule has 0 saturated heterocycles. The number of hydrogen-bond acceptors (Lipinski definition) is 3. The van der Waals surface area contributed by atoms with Gasteiger partial charge in [0.15, 0.2) is 0 Å². The van der Waals surface area contributed by atoms with Gasteiger partial charge in [0.05, 0.1) is 6.61 Å². The summed E-state index contributed by atoms with van der Waals surface area (Å²) in [4.78, 5) is 11.2. The van der Waals surface area contributed by atoms with E-state index in [0.717, 1.165) is 6.42 Å². The quantitative estimate of drug-likeness (QED) is 0.521. The second-order valence-corrected chi connectivity index (χ2v) is 3.23. The van der Waals surface area contributed by atoms with Crippen LogP contribution in [-0.4, -0.2) is 19.1 Å². The van der Waals surface area contributed by atoms with E-state index >= 15 is 0 Å². The molecule has 0 bridgehead atoms. The van der Waals surface area contributed by atoms with Gasteiger partial charge in [-0.2, -0.15) is 0 Å². The fraction of sp³-hybridized carbons (Fsp3) is 0.700. The molecule has 0 aromatic carbocycles. The van der Waals surface area contributed by atoms with Crippen LogP contribution in [0.5, 0.6) is 0 Å². The number of hydrogen-bond donors (Lipinski definition) is 1. The minimum atomic E-state index is -0.259. The number of ether oxygens (including phenoxy) is 1. The number of nitrogens with two attached hydrogens (primary N) is 1. The van der Waals surface area contributed by atoms with Crippen LogP contribution in [0.15, 0.2) is 11.6 Å². The third-order valence-corrected chi connectivity index (χ3v) is 1.94. The van der Waals surface area contributed by atoms with Crippen molar-refractivity contribution in [1.29, 1.82) is 0 Å². The van der Waals surface area contributed by atoms with Crippen molar-refractivity contribution in [2.75, 3.05) is 13.2 Å². The first kappa shape index (κ1) is 12.2. The molecule has 0 aliphatic carbocycles. The summed E-state index contributed by atoms with van der Waals surface area (Å²) in [6.07, 6.45) is 2.69. The predicted octanol–water partition coefficient (Wildman–Crippen LogP) is 1.48. The van der Waals surface area contributed by atoms with Crippen LogP contribution in [0.2, 0.25) is 0 Å². The molecule has 0 aromatic rings. The van der Waals surface area contributed by atoms with Gasteiger partial charge in [0.1, 0.15) is 0 Å². The number of carbonyl (C=O) groups is 1. The summed E-state index contributed by atoms with van der Waals surface area (Å²) in [7, 11) is 0. The fourth-order valence-electron chi connectivity index (χ4n) is 0.710. The van der Waals surface area contributed by atoms with Crippen LogP contribution in [0.4, 0.5) is 0 Å². The lowest BCUT2D eigenvalue weighted by atomic mass is 10.1. The minimum Gasteiger partial charge on any atom is -0.462 e. The first-order valence-corrected chi connectivity index (χ1v) is 4.65. The minimum absolute atomic E-state index is 0.259. The summed E-state index contributed by atoms with van der Waals surface area (Å²) in [6, 6.07) is 0. The van der Waals surface area contributed by atoms with E-state index in [2.05, 4.69) is 13.8 Å². The number of carbonyl (C=O) groups excluding carboxylic acids is 1. The van der Waals surface area contributed by atoms with Crippen molar-refractivity contribution >= 4 is 5.97 Å². The molecule has 3 nitrogen and oxygen atoms in total. The van der Waals surface area contributed by atoms with E-state index in [4.69, 9.17) is 10.5 Å². The average molecular weight is 185 g/mol. The summed E-state index contributed by atoms with van der Waals surface area (Å²) < 4.78 is 5.05. The first-order valence-electron chi connectivity index (χ1n) is 4.65. The molecule has 2 N–H and O–H groups in total. The summed E-state index contributed by atoms with van der Waals surface area (Å²) >= 11 is 0. The summed E-state index contributed by atoms with van der Waals surface area (Å²) in [5, 5.41) is 0. The third-order valence-electron chi connectivity index (χ3n) is 1.94. The van der Waals surface area contributed by atoms with E-state index in [9.17, 15) is 4.79 Å². The molecule has 0 fully saturated rings. The van der Waals surface area contributed by atoms with Gasteiger partial charge in [-0.15, -0.1) is 0 Å². The van der Waals surface area contributed by atoms with Crippen LogP contribution >= 0.6 is 0 Å². The molecular weight excluding hydrogens is 166 g/mol. The first-order chi connectivity index (χ1) is 6.11. The zero-order chi connectivity index (χ0) is 10.3. The zero-order valence-corrected chi connectivity index (χ0v) is 8.67. The van der Waals surface area contributed by atoms with E-state index < -0.39 is 0 Å². The van der Waals surface area contributed by atoms with Gasteiger partial charge in [-0.3, -0.25) is 0 Å². The van der Waals surface area contributed by atoms with Gasteiger partial charge in [-0.05, 0) is 12.8 Å². The van der Waals surface area contributed by atoms with Crippen molar-refractivity contribution in [2.45, 2.75) is 27.2 Å². The van der Waals surface area contributed by atoms with E-state index in [1.54, 1.807) is 13.0 Å². The highest BCUT2D eigenvalue weighted by Gasteiger charge is 2.06. The molecular formula is C10H19NO2. The number of esters is 1. The molecule has 0 aromatic heterocycles. The molecule has 13 heavy (non-hydrogen) atoms. The molecule has 1 atom stereocenters. The Morgan fingerprint density at radius 1 is 1.62 bits per heavy atom. The van der Waals surface area contributed by atoms with Crippen LogP contribution < -0.4 is 5.73 Å². The third kappa shape index (κ3) is 5.42. The monoisotopic (exact) mass is 185 g/mol. The van der Waals surface area contributed by atoms with Gasteiger partial charge in [-0.25, -0.2) is 4.79 Å². The highest BCUT2D eigenvalue weighted by Crippen LogP contribution is 2.03. The Balaban J connectivity index is 3.81. The molecule has 76 valence electrons. The van der Waals surface area contributed by atoms with Crippen molar-refractivity contribution in [3.05, 3.63) is 11.6 Å². The van der Waals surface area contributed by atoms with Gasteiger partial charge in [0.25, 0.3) is 0 Å². The maximum Gasteiger partial charge on any atom is 0.333 e. The molecule has 0 aliphatic heterocycles. The van der Waals surface area contributed by atoms with Gasteiger partial charge < -0.3 is 10.5 Å². The Labute approximate surface area is 79.9 Å². The second kappa shape index (κ2) is 6.66. The smallest absolute Gasteiger partial charge is 0.333 e. The van der Waals surface area contributed by atoms with E-state index in [1.165, 1.54) is 0 Å². The Kier molecular flexibility index (Phi) is 6.24. The highest BCUT2D eigenvalue weighted by atomic mass is 16.5. The van der Waals surface area contributed by atoms with Gasteiger partial charge in [-0.1, -0.05) is 26.3 Å². The Morgan fingerprint density at radius 2 is 2.23 bits per heavy atom. The summed E-state index contributed by atoms with van der Waals surface area (Å²) in [6.45, 7) is 6.71. The SMILES string of the molecule is CCC(C)COC(=O)C(C)=CCN. The Hall–Kier alpha value is -0.830. The predicted molar refractivity (Wildman–Crippen MR) is 53.2 cm³/mol. The average Bonchev–Trinajstić information content (AvgIpc) is 2.13. The molecule has 0 heterocycles. The Morgan fingerprint density at radius 3 is 2.69 bits per heavy atom. The van der Waals surface area contributed by atoms with Crippen molar-refractivity contribution < 1.29 is 9.53 Å². The van der Waals surface area contributed by atoms with Crippen LogP contribution in [0.25, 0.3) is 0 Å². The zero-order valence-electron chi connectivity index (χ0n) is 8.67. The molecule has 3 heteroatoms. The lowest BCUT2D eigenvalue weighted by Crippen LogP contribution is -2.13. The maximum atomic E-state index is 11.2. The largest absolute Gasteiger partial charge is 0.462 e. The van der Waals surface area contributed by atoms with Crippen LogP contribution in [0.1, 0.15) is 27.2 Å². The lowest BCUT2D eigenvalue weighted by Gasteiger charge is -2.09. The molecule has 0 amide bonds. The van der Waals surface area contributed by atoms with Crippen molar-refractivity contribution in [3.63, 3.8) is 0 Å². The van der Waals surface area contributed by atoms with E-state index in [-0.39, 0.29) is 5.97 Å². The highest BCUT2D eigenvalue weighted by molar-refractivity contribution is 5.87. The summed E-state index contributed by atoms with van der Waals surface area (Å²) in [5.41, 5.74) is 5.85. The standard InChI is InChI=1S/C10H19NO2/c1-4-8(2)7-13-10(12)9(3)5-6-11/h5,8H,4,6-7,11H2,1-3H3. The van der Waals surface area contributed by atoms with Crippen LogP contribution in [-0.2, 0) is 9.53 Å². The molecule has 0 saturated carbocycles. The van der Waals surface area contributed by atoms with E-state index in [0.29, 0.717) is 24.6 Å². The molecule has 0 radical (unpaired) electrons. The fourth-order valence-corrected chi connectivity index (χ4v) is 0.710. The number of rotatable bonds is 5. The topological polar surface area (TPSA) is 52.3 Å². The molecule has 0 aliphatic rings. The molecule has 1 unspecified atom stereocenters. The van der Waals surface area contributed by atoms with Gasteiger partial charge >= 0.3 is 5.97 Å². The molecule has 0 spiro atoms. The van der Waals surface area contributed by atoms with Crippen LogP contribution in [0.3, 0.4) is 0 Å². The van der Waals surface area contributed by atoms with Gasteiger partial charge in [0.2, 0.25) is 0 Å². The van der Waals surface area contributed by atoms with E-state index in [1.807, 2.05) is 0 Å². The van der Waals surface area contributed by atoms with Crippen molar-refractivity contribution in [2.24, 2.45) is 11.7 Å². The molecule has 0 rings (SSSR count). The maximum absolute atomic E-state index is 11.2. The second-order valence-electron chi connectivity index (χ2n) is 3.23. The van der Waals surface area contributed by atoms with Gasteiger partial charge in [0, 0.05) is 12.1 Å².